The van der Waals surface area contributed by atoms with Crippen molar-refractivity contribution in [2.45, 2.75) is 95.0 Å². The summed E-state index contributed by atoms with van der Waals surface area (Å²) in [5.74, 6) is -6.66. The topological polar surface area (TPSA) is 230 Å². The Hall–Kier alpha value is -5.84. The zero-order valence-electron chi connectivity index (χ0n) is 34.4. The van der Waals surface area contributed by atoms with E-state index in [0.717, 1.165) is 0 Å². The zero-order chi connectivity index (χ0) is 43.3. The van der Waals surface area contributed by atoms with Crippen LogP contribution in [0.25, 0.3) is 0 Å². The van der Waals surface area contributed by atoms with Gasteiger partial charge in [-0.2, -0.15) is 0 Å². The number of aliphatic carboxylic acids is 1. The number of amides is 6. The van der Waals surface area contributed by atoms with Crippen LogP contribution >= 0.6 is 0 Å². The summed E-state index contributed by atoms with van der Waals surface area (Å²) in [4.78, 5) is 110. The average Bonchev–Trinajstić information content (AvgIpc) is 3.67. The smallest absolute Gasteiger partial charge is 0.306 e. The summed E-state index contributed by atoms with van der Waals surface area (Å²) in [5.41, 5.74) is 1.17. The van der Waals surface area contributed by atoms with Crippen LogP contribution in [0.1, 0.15) is 75.5 Å². The molecule has 6 amide bonds. The number of likely N-dealkylation sites (N-methyl/N-ethyl adjacent to an activating group) is 1. The fourth-order valence-corrected chi connectivity index (χ4v) is 8.01. The standard InChI is InChI=1S/C43H56N6O11/c1-4-11-32(38(52)40(54)44-24-35(51)47-36(41(55)48(2)3)27-13-6-5-7-14-27)45-39(53)33-23-31-25-49(33)42(56)37(28-15-9-16-29(22-28)43(57)58)46-34(50)21-26-12-8-17-30(20-26)59-18-10-19-60-31/h5-8,12-14,17,20,28-29,31-33,36-37H,4,9-11,15-16,18-19,21-25H2,1-3H3,(H,44,54)(H,45,53)(H,46,50)(H,47,51)(H,57,58)/t28?,29?,31-,32+,33?,36+,37+/m1/s1. The van der Waals surface area contributed by atoms with Crippen LogP contribution in [-0.4, -0.2) is 127 Å². The van der Waals surface area contributed by atoms with Crippen LogP contribution in [0.4, 0.5) is 0 Å². The first-order valence-corrected chi connectivity index (χ1v) is 20.6. The van der Waals surface area contributed by atoms with E-state index in [-0.39, 0.29) is 38.8 Å². The van der Waals surface area contributed by atoms with Crippen LogP contribution in [0.15, 0.2) is 54.6 Å². The third-order valence-electron chi connectivity index (χ3n) is 11.1. The highest BCUT2D eigenvalue weighted by Crippen LogP contribution is 2.34. The minimum atomic E-state index is -1.31. The molecule has 324 valence electrons. The van der Waals surface area contributed by atoms with Crippen molar-refractivity contribution < 1.29 is 52.9 Å². The number of nitrogens with one attached hydrogen (secondary N) is 4. The average molecular weight is 833 g/mol. The first-order chi connectivity index (χ1) is 28.7. The summed E-state index contributed by atoms with van der Waals surface area (Å²) in [7, 11) is 3.09. The second kappa shape index (κ2) is 21.4. The van der Waals surface area contributed by atoms with Crippen molar-refractivity contribution in [1.82, 2.24) is 31.1 Å². The van der Waals surface area contributed by atoms with Gasteiger partial charge in [0.25, 0.3) is 5.91 Å². The highest BCUT2D eigenvalue weighted by molar-refractivity contribution is 6.38. The molecule has 2 aromatic carbocycles. The number of nitrogens with zero attached hydrogens (tertiary/aromatic N) is 2. The number of carbonyl (C=O) groups is 8. The Morgan fingerprint density at radius 1 is 0.950 bits per heavy atom. The van der Waals surface area contributed by atoms with Crippen molar-refractivity contribution in [2.24, 2.45) is 11.8 Å². The SMILES string of the molecule is CCC[C@H](NC(=O)C1C[C@@H]2CN1C(=O)[C@H](C1CCCC(C(=O)O)C1)NC(=O)Cc1cccc(c1)OCCCO2)C(=O)C(=O)NCC(=O)N[C@H](C(=O)N(C)C)c1ccccc1. The predicted octanol–water partition coefficient (Wildman–Crippen LogP) is 1.29. The van der Waals surface area contributed by atoms with Crippen LogP contribution in [-0.2, 0) is 49.5 Å². The van der Waals surface area contributed by atoms with E-state index >= 15 is 0 Å². The molecule has 3 unspecified atom stereocenters. The predicted molar refractivity (Wildman–Crippen MR) is 216 cm³/mol. The second-order valence-electron chi connectivity index (χ2n) is 15.8. The summed E-state index contributed by atoms with van der Waals surface area (Å²) in [6.07, 6.45) is 1.93. The summed E-state index contributed by atoms with van der Waals surface area (Å²) >= 11 is 0. The molecule has 17 nitrogen and oxygen atoms in total. The Morgan fingerprint density at radius 3 is 2.43 bits per heavy atom. The van der Waals surface area contributed by atoms with Gasteiger partial charge in [-0.3, -0.25) is 38.4 Å². The maximum absolute atomic E-state index is 14.7. The number of hydrogen-bond acceptors (Lipinski definition) is 10. The number of rotatable bonds is 13. The number of carboxylic acids is 1. The molecule has 1 saturated heterocycles. The van der Waals surface area contributed by atoms with E-state index in [1.807, 2.05) is 0 Å². The summed E-state index contributed by atoms with van der Waals surface area (Å²) in [6.45, 7) is 1.69. The number of Topliss-reactive ketones (excluding diaryl/α,β-unsaturated/α-hetero) is 1. The van der Waals surface area contributed by atoms with E-state index in [2.05, 4.69) is 21.3 Å². The van der Waals surface area contributed by atoms with Crippen molar-refractivity contribution in [3.8, 4) is 5.75 Å². The van der Waals surface area contributed by atoms with Crippen LogP contribution in [0.3, 0.4) is 0 Å². The van der Waals surface area contributed by atoms with Gasteiger partial charge in [0.2, 0.25) is 35.3 Å². The molecule has 2 fully saturated rings. The number of carbonyl (C=O) groups excluding carboxylic acids is 7. The molecular weight excluding hydrogens is 777 g/mol. The summed E-state index contributed by atoms with van der Waals surface area (Å²) < 4.78 is 12.0. The van der Waals surface area contributed by atoms with E-state index in [1.165, 1.54) is 9.80 Å². The van der Waals surface area contributed by atoms with Gasteiger partial charge in [-0.1, -0.05) is 62.2 Å². The zero-order valence-corrected chi connectivity index (χ0v) is 34.4. The van der Waals surface area contributed by atoms with Gasteiger partial charge in [0.05, 0.1) is 44.2 Å². The molecule has 0 radical (unpaired) electrons. The highest BCUT2D eigenvalue weighted by atomic mass is 16.5. The van der Waals surface area contributed by atoms with E-state index in [1.54, 1.807) is 75.6 Å². The Bertz CT molecular complexity index is 1890. The van der Waals surface area contributed by atoms with Gasteiger partial charge in [0.15, 0.2) is 0 Å². The summed E-state index contributed by atoms with van der Waals surface area (Å²) in [6, 6.07) is 10.9. The van der Waals surface area contributed by atoms with Crippen LogP contribution in [0.5, 0.6) is 5.75 Å². The molecule has 2 aliphatic heterocycles. The molecule has 17 heteroatoms. The Balaban J connectivity index is 1.32. The summed E-state index contributed by atoms with van der Waals surface area (Å²) in [5, 5.41) is 20.3. The van der Waals surface area contributed by atoms with Gasteiger partial charge in [-0.05, 0) is 54.9 Å². The molecule has 1 aliphatic carbocycles. The lowest BCUT2D eigenvalue weighted by molar-refractivity contribution is -0.147. The third kappa shape index (κ3) is 12.1. The monoisotopic (exact) mass is 832 g/mol. The minimum Gasteiger partial charge on any atom is -0.493 e. The number of fused-ring (bicyclic) bond motifs is 4. The Kier molecular flexibility index (Phi) is 16.2. The number of benzene rings is 2. The molecule has 3 aliphatic rings. The van der Waals surface area contributed by atoms with Gasteiger partial charge in [0.1, 0.15) is 23.9 Å². The van der Waals surface area contributed by atoms with E-state index in [0.29, 0.717) is 55.6 Å². The van der Waals surface area contributed by atoms with E-state index in [9.17, 15) is 43.5 Å². The van der Waals surface area contributed by atoms with Crippen molar-refractivity contribution in [3.63, 3.8) is 0 Å². The molecule has 60 heavy (non-hydrogen) atoms. The number of ketones is 1. The maximum Gasteiger partial charge on any atom is 0.306 e. The van der Waals surface area contributed by atoms with Crippen molar-refractivity contribution >= 4 is 47.2 Å². The van der Waals surface area contributed by atoms with Crippen LogP contribution in [0.2, 0.25) is 0 Å². The first-order valence-electron chi connectivity index (χ1n) is 20.6. The molecule has 5 rings (SSSR count). The van der Waals surface area contributed by atoms with Gasteiger partial charge in [0, 0.05) is 33.5 Å². The van der Waals surface area contributed by atoms with Crippen molar-refractivity contribution in [3.05, 3.63) is 65.7 Å². The first kappa shape index (κ1) is 45.2. The lowest BCUT2D eigenvalue weighted by Crippen LogP contribution is -2.58. The molecule has 2 heterocycles. The molecule has 2 aromatic rings. The third-order valence-corrected chi connectivity index (χ3v) is 11.1. The van der Waals surface area contributed by atoms with Gasteiger partial charge >= 0.3 is 5.97 Å². The number of ether oxygens (including phenoxy) is 2. The minimum absolute atomic E-state index is 0.0133. The second-order valence-corrected chi connectivity index (χ2v) is 15.8. The molecule has 0 aromatic heterocycles. The Labute approximate surface area is 349 Å². The quantitative estimate of drug-likeness (QED) is 0.181. The molecule has 7 atom stereocenters. The fourth-order valence-electron chi connectivity index (χ4n) is 8.01. The van der Waals surface area contributed by atoms with E-state index in [4.69, 9.17) is 9.47 Å². The van der Waals surface area contributed by atoms with Gasteiger partial charge in [-0.25, -0.2) is 0 Å². The Morgan fingerprint density at radius 2 is 1.72 bits per heavy atom. The van der Waals surface area contributed by atoms with Crippen LogP contribution < -0.4 is 26.0 Å². The van der Waals surface area contributed by atoms with Crippen LogP contribution in [0, 0.1) is 11.8 Å². The molecular formula is C43H56N6O11. The molecule has 1 saturated carbocycles. The fraction of sp³-hybridized carbons (Fsp3) is 0.535. The lowest BCUT2D eigenvalue weighted by atomic mass is 9.77. The highest BCUT2D eigenvalue weighted by Gasteiger charge is 2.46. The number of carboxylic acid groups (broad SMARTS) is 1. The van der Waals surface area contributed by atoms with Gasteiger partial charge < -0.3 is 45.6 Å². The normalized spacial score (nSPS) is 23.2. The molecule has 5 N–H and O–H groups in total. The number of hydrogen-bond donors (Lipinski definition) is 5. The molecule has 4 bridgehead atoms. The van der Waals surface area contributed by atoms with Crippen molar-refractivity contribution in [1.29, 1.82) is 0 Å². The largest absolute Gasteiger partial charge is 0.493 e. The maximum atomic E-state index is 14.7. The van der Waals surface area contributed by atoms with Gasteiger partial charge in [-0.15, -0.1) is 0 Å². The van der Waals surface area contributed by atoms with Crippen molar-refractivity contribution in [2.75, 3.05) is 40.4 Å². The molecule has 0 spiro atoms. The lowest BCUT2D eigenvalue weighted by Gasteiger charge is -2.36. The van der Waals surface area contributed by atoms with E-state index < -0.39 is 95.8 Å².